The summed E-state index contributed by atoms with van der Waals surface area (Å²) in [6.45, 7) is 0. The molecule has 1 heterocycles. The van der Waals surface area contributed by atoms with Crippen LogP contribution in [0.3, 0.4) is 0 Å². The number of anilines is 2. The molecule has 0 aliphatic carbocycles. The predicted octanol–water partition coefficient (Wildman–Crippen LogP) is 5.96. The van der Waals surface area contributed by atoms with Gasteiger partial charge in [-0.25, -0.2) is 0 Å². The van der Waals surface area contributed by atoms with Crippen LogP contribution in [0.25, 0.3) is 6.08 Å². The summed E-state index contributed by atoms with van der Waals surface area (Å²) >= 11 is 1.83. The highest BCUT2D eigenvalue weighted by atomic mass is 32.2. The molecule has 0 atom stereocenters. The second kappa shape index (κ2) is 5.74. The Balaban J connectivity index is 1.79. The van der Waals surface area contributed by atoms with Crippen LogP contribution in [-0.2, 0) is 0 Å². The molecule has 1 aliphatic heterocycles. The minimum absolute atomic E-state index is 1.20. The predicted molar refractivity (Wildman–Crippen MR) is 94.6 cm³/mol. The fourth-order valence-electron chi connectivity index (χ4n) is 2.62. The Kier molecular flexibility index (Phi) is 3.45. The van der Waals surface area contributed by atoms with E-state index in [0.29, 0.717) is 0 Å². The van der Waals surface area contributed by atoms with Crippen molar-refractivity contribution in [3.63, 3.8) is 0 Å². The molecule has 0 fully saturated rings. The lowest BCUT2D eigenvalue weighted by molar-refractivity contribution is 1.17. The highest BCUT2D eigenvalue weighted by molar-refractivity contribution is 7.99. The molecule has 2 heteroatoms. The Morgan fingerprint density at radius 2 is 1.18 bits per heavy atom. The van der Waals surface area contributed by atoms with Crippen molar-refractivity contribution >= 4 is 29.2 Å². The van der Waals surface area contributed by atoms with E-state index in [1.165, 1.54) is 26.7 Å². The lowest BCUT2D eigenvalue weighted by atomic mass is 10.2. The molecular weight excluding hydrogens is 286 g/mol. The van der Waals surface area contributed by atoms with Gasteiger partial charge >= 0.3 is 0 Å². The van der Waals surface area contributed by atoms with E-state index in [9.17, 15) is 0 Å². The lowest BCUT2D eigenvalue weighted by Gasteiger charge is -2.29. The molecular formula is C20H15NS. The van der Waals surface area contributed by atoms with Gasteiger partial charge in [0.25, 0.3) is 0 Å². The average molecular weight is 301 g/mol. The quantitative estimate of drug-likeness (QED) is 0.574. The molecule has 0 bridgehead atoms. The van der Waals surface area contributed by atoms with Crippen molar-refractivity contribution < 1.29 is 0 Å². The fourth-order valence-corrected chi connectivity index (χ4v) is 3.69. The Bertz CT molecular complexity index is 778. The number of para-hydroxylation sites is 2. The normalized spacial score (nSPS) is 13.0. The van der Waals surface area contributed by atoms with Gasteiger partial charge in [0.05, 0.1) is 11.4 Å². The number of fused-ring (bicyclic) bond motifs is 2. The first kappa shape index (κ1) is 13.2. The first-order chi connectivity index (χ1) is 10.9. The van der Waals surface area contributed by atoms with Crippen LogP contribution in [0.2, 0.25) is 0 Å². The van der Waals surface area contributed by atoms with E-state index in [-0.39, 0.29) is 0 Å². The van der Waals surface area contributed by atoms with Crippen LogP contribution in [-0.4, -0.2) is 0 Å². The van der Waals surface area contributed by atoms with Gasteiger partial charge in [-0.2, -0.15) is 0 Å². The fraction of sp³-hybridized carbons (Fsp3) is 0. The van der Waals surface area contributed by atoms with Crippen LogP contribution in [0.4, 0.5) is 11.4 Å². The van der Waals surface area contributed by atoms with Crippen LogP contribution in [0, 0.1) is 0 Å². The Labute approximate surface area is 134 Å². The SMILES string of the molecule is C(=CN1c2ccccc2Sc2ccccc21)c1ccccc1. The molecule has 0 radical (unpaired) electrons. The van der Waals surface area contributed by atoms with Gasteiger partial charge in [-0.1, -0.05) is 66.4 Å². The summed E-state index contributed by atoms with van der Waals surface area (Å²) < 4.78 is 0. The smallest absolute Gasteiger partial charge is 0.0595 e. The Morgan fingerprint density at radius 3 is 1.82 bits per heavy atom. The molecule has 0 saturated carbocycles. The first-order valence-corrected chi connectivity index (χ1v) is 8.12. The summed E-state index contributed by atoms with van der Waals surface area (Å²) in [7, 11) is 0. The summed E-state index contributed by atoms with van der Waals surface area (Å²) in [6, 6.07) is 27.5. The number of benzene rings is 3. The molecule has 0 spiro atoms. The monoisotopic (exact) mass is 301 g/mol. The number of hydrogen-bond acceptors (Lipinski definition) is 2. The zero-order valence-corrected chi connectivity index (χ0v) is 12.8. The zero-order chi connectivity index (χ0) is 14.8. The minimum Gasteiger partial charge on any atom is -0.315 e. The average Bonchev–Trinajstić information content (AvgIpc) is 2.59. The second-order valence-corrected chi connectivity index (χ2v) is 6.22. The molecule has 3 aromatic rings. The summed E-state index contributed by atoms with van der Waals surface area (Å²) in [5.41, 5.74) is 3.67. The maximum absolute atomic E-state index is 2.27. The van der Waals surface area contributed by atoms with Gasteiger partial charge in [0.2, 0.25) is 0 Å². The van der Waals surface area contributed by atoms with Crippen molar-refractivity contribution in [3.8, 4) is 0 Å². The standard InChI is InChI=1S/C20H15NS/c1-2-8-16(9-3-1)14-15-21-17-10-4-6-12-19(17)22-20-13-7-5-11-18(20)21/h1-15H. The van der Waals surface area contributed by atoms with Gasteiger partial charge in [-0.05, 0) is 35.9 Å². The third-order valence-corrected chi connectivity index (χ3v) is 4.82. The maximum atomic E-state index is 2.27. The molecule has 3 aromatic carbocycles. The van der Waals surface area contributed by atoms with Crippen molar-refractivity contribution in [2.24, 2.45) is 0 Å². The molecule has 22 heavy (non-hydrogen) atoms. The molecule has 0 unspecified atom stereocenters. The van der Waals surface area contributed by atoms with Crippen LogP contribution < -0.4 is 4.90 Å². The largest absolute Gasteiger partial charge is 0.315 e. The molecule has 0 saturated heterocycles. The van der Waals surface area contributed by atoms with Crippen molar-refractivity contribution in [2.45, 2.75) is 9.79 Å². The van der Waals surface area contributed by atoms with E-state index in [1.54, 1.807) is 0 Å². The Morgan fingerprint density at radius 1 is 0.636 bits per heavy atom. The van der Waals surface area contributed by atoms with Crippen LogP contribution in [0.15, 0.2) is 94.9 Å². The molecule has 0 N–H and O–H groups in total. The molecule has 106 valence electrons. The van der Waals surface area contributed by atoms with E-state index >= 15 is 0 Å². The summed E-state index contributed by atoms with van der Waals surface area (Å²) in [6.07, 6.45) is 4.32. The van der Waals surface area contributed by atoms with Gasteiger partial charge in [0, 0.05) is 16.0 Å². The third-order valence-electron chi connectivity index (χ3n) is 3.69. The third kappa shape index (κ3) is 2.42. The molecule has 0 aromatic heterocycles. The molecule has 4 rings (SSSR count). The maximum Gasteiger partial charge on any atom is 0.0595 e. The zero-order valence-electron chi connectivity index (χ0n) is 12.0. The molecule has 1 aliphatic rings. The van der Waals surface area contributed by atoms with E-state index in [1.807, 2.05) is 17.8 Å². The first-order valence-electron chi connectivity index (χ1n) is 7.30. The molecule has 1 nitrogen and oxygen atoms in total. The van der Waals surface area contributed by atoms with Gasteiger partial charge < -0.3 is 4.90 Å². The second-order valence-electron chi connectivity index (χ2n) is 5.13. The highest BCUT2D eigenvalue weighted by Gasteiger charge is 2.20. The van der Waals surface area contributed by atoms with E-state index in [4.69, 9.17) is 0 Å². The summed E-state index contributed by atoms with van der Waals surface area (Å²) in [5.74, 6) is 0. The van der Waals surface area contributed by atoms with Gasteiger partial charge in [-0.15, -0.1) is 0 Å². The van der Waals surface area contributed by atoms with Crippen molar-refractivity contribution in [1.29, 1.82) is 0 Å². The van der Waals surface area contributed by atoms with Crippen molar-refractivity contribution in [2.75, 3.05) is 4.90 Å². The van der Waals surface area contributed by atoms with Crippen molar-refractivity contribution in [3.05, 3.63) is 90.6 Å². The number of rotatable bonds is 2. The van der Waals surface area contributed by atoms with E-state index in [2.05, 4.69) is 90.0 Å². The number of hydrogen-bond donors (Lipinski definition) is 0. The van der Waals surface area contributed by atoms with E-state index < -0.39 is 0 Å². The summed E-state index contributed by atoms with van der Waals surface area (Å²) in [5, 5.41) is 0. The van der Waals surface area contributed by atoms with Crippen LogP contribution >= 0.6 is 11.8 Å². The lowest BCUT2D eigenvalue weighted by Crippen LogP contribution is -2.13. The minimum atomic E-state index is 1.20. The topological polar surface area (TPSA) is 3.24 Å². The number of nitrogens with zero attached hydrogens (tertiary/aromatic N) is 1. The van der Waals surface area contributed by atoms with E-state index in [0.717, 1.165) is 0 Å². The highest BCUT2D eigenvalue weighted by Crippen LogP contribution is 2.48. The van der Waals surface area contributed by atoms with Gasteiger partial charge in [0.15, 0.2) is 0 Å². The Hall–Kier alpha value is -2.45. The summed E-state index contributed by atoms with van der Waals surface area (Å²) in [4.78, 5) is 4.85. The molecule has 0 amide bonds. The van der Waals surface area contributed by atoms with Crippen LogP contribution in [0.5, 0.6) is 0 Å². The van der Waals surface area contributed by atoms with Crippen LogP contribution in [0.1, 0.15) is 5.56 Å². The van der Waals surface area contributed by atoms with Gasteiger partial charge in [0.1, 0.15) is 0 Å². The van der Waals surface area contributed by atoms with Crippen molar-refractivity contribution in [1.82, 2.24) is 0 Å². The van der Waals surface area contributed by atoms with Gasteiger partial charge in [-0.3, -0.25) is 0 Å².